The van der Waals surface area contributed by atoms with E-state index >= 15 is 0 Å². The van der Waals surface area contributed by atoms with E-state index in [0.29, 0.717) is 0 Å². The Kier molecular flexibility index (Phi) is 10.1. The van der Waals surface area contributed by atoms with Crippen LogP contribution in [0.4, 0.5) is 0 Å². The molecule has 2 nitrogen and oxygen atoms in total. The molecule has 0 saturated carbocycles. The van der Waals surface area contributed by atoms with Crippen molar-refractivity contribution < 1.29 is 0 Å². The molecule has 0 spiro atoms. The number of para-hydroxylation sites is 2. The van der Waals surface area contributed by atoms with Gasteiger partial charge in [-0.3, -0.25) is 0 Å². The number of hydrogen-bond donors (Lipinski definition) is 0. The third-order valence-electron chi connectivity index (χ3n) is 21.4. The first-order chi connectivity index (χ1) is 43.4. The molecule has 3 aliphatic rings. The highest BCUT2D eigenvalue weighted by Crippen LogP contribution is 2.54. The summed E-state index contributed by atoms with van der Waals surface area (Å²) in [6, 6.07) is 102. The standard InChI is InChI=1S/C87H62N2/c1-85(2)73-24-10-9-21-67(73)68-38-34-58(48-76(68)85)57-36-40-79-69(45-57)71-46-61(49-77-83(71)88(79)81-27-13-11-25-74(81)86(77,3)4)55-30-29-53-43-60(32-31-52(53)41-55)64-22-16-19-59-42-54(33-37-66(59)64)56-35-39-80-70(44-56)72-47-62(65-23-15-18-51-17-7-8-20-63(51)65)50-78-84(72)89(80)82-28-14-12-26-75(82)87(78,5)6/h7-50H,1-6H3. The molecule has 1 aliphatic carbocycles. The van der Waals surface area contributed by atoms with Crippen LogP contribution in [0.2, 0.25) is 0 Å². The molecule has 2 aliphatic heterocycles. The lowest BCUT2D eigenvalue weighted by molar-refractivity contribution is 0.630. The van der Waals surface area contributed by atoms with Crippen molar-refractivity contribution in [2.45, 2.75) is 57.8 Å². The van der Waals surface area contributed by atoms with Gasteiger partial charge in [-0.2, -0.15) is 0 Å². The van der Waals surface area contributed by atoms with Crippen LogP contribution in [0.25, 0.3) is 154 Å². The van der Waals surface area contributed by atoms with E-state index in [1.54, 1.807) is 0 Å². The summed E-state index contributed by atoms with van der Waals surface area (Å²) in [5, 5.41) is 12.6. The van der Waals surface area contributed by atoms with Crippen molar-refractivity contribution in [2.75, 3.05) is 0 Å². The number of aromatic nitrogens is 2. The SMILES string of the molecule is CC1(C)c2ccccc2-c2ccc(-c3ccc4c(c3)c3cc(-c5ccc6cc(-c7cccc8cc(-c9ccc%10c(c9)c9cc(-c%11cccc%12ccccc%11%12)cc%11c9n%10-c9ccccc9C%11(C)C)ccc78)ccc6c5)cc5c3n4-c3ccccc3C5(C)C)cc21. The lowest BCUT2D eigenvalue weighted by Gasteiger charge is -2.35. The van der Waals surface area contributed by atoms with E-state index in [1.807, 2.05) is 0 Å². The Morgan fingerprint density at radius 2 is 0.618 bits per heavy atom. The topological polar surface area (TPSA) is 9.86 Å². The molecule has 89 heavy (non-hydrogen) atoms. The molecule has 0 atom stereocenters. The molecular weight excluding hydrogens is 1070 g/mol. The Bertz CT molecular complexity index is 5830. The fourth-order valence-corrected chi connectivity index (χ4v) is 16.8. The van der Waals surface area contributed by atoms with E-state index in [1.165, 1.54) is 187 Å². The van der Waals surface area contributed by atoms with Crippen molar-refractivity contribution in [2.24, 2.45) is 0 Å². The quantitative estimate of drug-likeness (QED) is 0.163. The second-order valence-electron chi connectivity index (χ2n) is 27.2. The molecule has 0 bridgehead atoms. The molecule has 2 aromatic heterocycles. The van der Waals surface area contributed by atoms with Gasteiger partial charge in [0, 0.05) is 37.8 Å². The summed E-state index contributed by atoms with van der Waals surface area (Å²) in [6.45, 7) is 14.4. The van der Waals surface area contributed by atoms with Gasteiger partial charge in [-0.1, -0.05) is 224 Å². The van der Waals surface area contributed by atoms with E-state index in [0.717, 1.165) is 0 Å². The minimum atomic E-state index is -0.219. The van der Waals surface area contributed by atoms with Crippen molar-refractivity contribution in [1.29, 1.82) is 0 Å². The van der Waals surface area contributed by atoms with Crippen LogP contribution in [-0.4, -0.2) is 9.13 Å². The normalized spacial score (nSPS) is 14.7. The van der Waals surface area contributed by atoms with Crippen molar-refractivity contribution >= 4 is 75.9 Å². The monoisotopic (exact) mass is 1130 g/mol. The van der Waals surface area contributed by atoms with E-state index < -0.39 is 0 Å². The molecule has 0 fully saturated rings. The van der Waals surface area contributed by atoms with Gasteiger partial charge in [-0.05, 0) is 217 Å². The maximum atomic E-state index is 2.55. The third kappa shape index (κ3) is 6.98. The Hall–Kier alpha value is -10.5. The number of hydrogen-bond acceptors (Lipinski definition) is 0. The first kappa shape index (κ1) is 50.6. The van der Waals surface area contributed by atoms with Crippen LogP contribution in [0, 0.1) is 0 Å². The minimum absolute atomic E-state index is 0.0692. The Morgan fingerprint density at radius 3 is 1.30 bits per heavy atom. The lowest BCUT2D eigenvalue weighted by Crippen LogP contribution is -2.26. The van der Waals surface area contributed by atoms with Crippen molar-refractivity contribution in [3.8, 4) is 78.1 Å². The molecule has 0 saturated heterocycles. The second-order valence-corrected chi connectivity index (χ2v) is 27.2. The van der Waals surface area contributed by atoms with Gasteiger partial charge in [-0.25, -0.2) is 0 Å². The largest absolute Gasteiger partial charge is 0.309 e. The summed E-state index contributed by atoms with van der Waals surface area (Å²) in [4.78, 5) is 0. The van der Waals surface area contributed by atoms with E-state index in [4.69, 9.17) is 0 Å². The smallest absolute Gasteiger partial charge is 0.0582 e. The molecule has 2 heteroatoms. The predicted octanol–water partition coefficient (Wildman–Crippen LogP) is 23.3. The number of fused-ring (bicyclic) bond motifs is 16. The molecule has 0 N–H and O–H groups in total. The highest BCUT2D eigenvalue weighted by Gasteiger charge is 2.39. The highest BCUT2D eigenvalue weighted by molar-refractivity contribution is 6.16. The predicted molar refractivity (Wildman–Crippen MR) is 377 cm³/mol. The molecule has 14 aromatic carbocycles. The van der Waals surface area contributed by atoms with Gasteiger partial charge in [0.2, 0.25) is 0 Å². The second kappa shape index (κ2) is 17.8. The van der Waals surface area contributed by atoms with E-state index in [9.17, 15) is 0 Å². The fourth-order valence-electron chi connectivity index (χ4n) is 16.8. The van der Waals surface area contributed by atoms with Gasteiger partial charge in [0.1, 0.15) is 0 Å². The van der Waals surface area contributed by atoms with Gasteiger partial charge in [0.15, 0.2) is 0 Å². The van der Waals surface area contributed by atoms with Crippen molar-refractivity contribution in [1.82, 2.24) is 9.13 Å². The zero-order valence-corrected chi connectivity index (χ0v) is 50.8. The molecule has 0 radical (unpaired) electrons. The summed E-state index contributed by atoms with van der Waals surface area (Å²) < 4.78 is 5.08. The summed E-state index contributed by atoms with van der Waals surface area (Å²) >= 11 is 0. The average Bonchev–Trinajstić information content (AvgIpc) is 1.60. The Labute approximate surface area is 518 Å². The number of rotatable bonds is 5. The first-order valence-corrected chi connectivity index (χ1v) is 31.6. The van der Waals surface area contributed by atoms with Crippen LogP contribution >= 0.6 is 0 Å². The van der Waals surface area contributed by atoms with Gasteiger partial charge in [-0.15, -0.1) is 0 Å². The van der Waals surface area contributed by atoms with Gasteiger partial charge in [0.05, 0.1) is 33.4 Å². The Balaban J connectivity index is 0.697. The molecular formula is C87H62N2. The zero-order valence-electron chi connectivity index (χ0n) is 50.8. The van der Waals surface area contributed by atoms with Crippen molar-refractivity contribution in [3.63, 3.8) is 0 Å². The van der Waals surface area contributed by atoms with Gasteiger partial charge < -0.3 is 9.13 Å². The minimum Gasteiger partial charge on any atom is -0.309 e. The molecule has 4 heterocycles. The Morgan fingerprint density at radius 1 is 0.213 bits per heavy atom. The van der Waals surface area contributed by atoms with Crippen LogP contribution in [-0.2, 0) is 16.2 Å². The summed E-state index contributed by atoms with van der Waals surface area (Å²) in [7, 11) is 0. The molecule has 19 rings (SSSR count). The summed E-state index contributed by atoms with van der Waals surface area (Å²) in [5.41, 5.74) is 30.5. The third-order valence-corrected chi connectivity index (χ3v) is 21.4. The zero-order chi connectivity index (χ0) is 59.4. The van der Waals surface area contributed by atoms with Crippen LogP contribution in [0.5, 0.6) is 0 Å². The number of benzene rings is 14. The molecule has 0 amide bonds. The van der Waals surface area contributed by atoms with Crippen molar-refractivity contribution in [3.05, 3.63) is 300 Å². The van der Waals surface area contributed by atoms with Crippen LogP contribution in [0.3, 0.4) is 0 Å². The first-order valence-electron chi connectivity index (χ1n) is 31.6. The lowest BCUT2D eigenvalue weighted by atomic mass is 9.74. The molecule has 420 valence electrons. The van der Waals surface area contributed by atoms with E-state index in [-0.39, 0.29) is 16.2 Å². The van der Waals surface area contributed by atoms with Crippen LogP contribution in [0.1, 0.15) is 74.9 Å². The van der Waals surface area contributed by atoms with Gasteiger partial charge >= 0.3 is 0 Å². The maximum absolute atomic E-state index is 2.55. The fraction of sp³-hybridized carbons (Fsp3) is 0.103. The van der Waals surface area contributed by atoms with Crippen LogP contribution in [0.15, 0.2) is 267 Å². The van der Waals surface area contributed by atoms with Crippen LogP contribution < -0.4 is 0 Å². The molecule has 16 aromatic rings. The van der Waals surface area contributed by atoms with Gasteiger partial charge in [0.25, 0.3) is 0 Å². The number of nitrogens with zero attached hydrogens (tertiary/aromatic N) is 2. The summed E-state index contributed by atoms with van der Waals surface area (Å²) in [6.07, 6.45) is 0. The van der Waals surface area contributed by atoms with E-state index in [2.05, 4.69) is 318 Å². The highest BCUT2D eigenvalue weighted by atomic mass is 15.0. The molecule has 0 unspecified atom stereocenters. The average molecular weight is 1140 g/mol. The summed E-state index contributed by atoms with van der Waals surface area (Å²) in [5.74, 6) is 0. The maximum Gasteiger partial charge on any atom is 0.0582 e.